The largest absolute Gasteiger partial charge is 0.480 e. The van der Waals surface area contributed by atoms with Gasteiger partial charge < -0.3 is 10.4 Å². The number of rotatable bonds is 8. The zero-order valence-corrected chi connectivity index (χ0v) is 12.7. The first-order valence-corrected chi connectivity index (χ1v) is 7.16. The van der Waals surface area contributed by atoms with Gasteiger partial charge in [-0.25, -0.2) is 13.6 Å². The van der Waals surface area contributed by atoms with E-state index in [2.05, 4.69) is 19.2 Å². The molecule has 0 aliphatic rings. The monoisotopic (exact) mass is 313 g/mol. The van der Waals surface area contributed by atoms with Crippen LogP contribution in [0.3, 0.4) is 0 Å². The summed E-state index contributed by atoms with van der Waals surface area (Å²) in [6.07, 6.45) is -2.78. The second-order valence-electron chi connectivity index (χ2n) is 5.68. The molecule has 1 amide bonds. The van der Waals surface area contributed by atoms with Crippen molar-refractivity contribution < 1.29 is 23.5 Å². The predicted octanol–water partition coefficient (Wildman–Crippen LogP) is 2.65. The summed E-state index contributed by atoms with van der Waals surface area (Å²) in [5.74, 6) is -1.51. The topological polar surface area (TPSA) is 66.4 Å². The minimum absolute atomic E-state index is 0.0328. The van der Waals surface area contributed by atoms with Crippen LogP contribution in [0.1, 0.15) is 31.4 Å². The van der Waals surface area contributed by atoms with Gasteiger partial charge in [-0.1, -0.05) is 38.1 Å². The van der Waals surface area contributed by atoms with Crippen LogP contribution < -0.4 is 5.32 Å². The molecule has 4 nitrogen and oxygen atoms in total. The average molecular weight is 313 g/mol. The molecule has 6 heteroatoms. The van der Waals surface area contributed by atoms with Crippen molar-refractivity contribution in [1.29, 1.82) is 0 Å². The molecule has 1 aromatic carbocycles. The fourth-order valence-electron chi connectivity index (χ4n) is 2.10. The van der Waals surface area contributed by atoms with E-state index in [1.165, 1.54) is 0 Å². The molecule has 1 atom stereocenters. The number of carbonyl (C=O) groups is 2. The van der Waals surface area contributed by atoms with E-state index in [9.17, 15) is 18.4 Å². The summed E-state index contributed by atoms with van der Waals surface area (Å²) in [6.45, 7) is 4.22. The Morgan fingerprint density at radius 2 is 1.68 bits per heavy atom. The Morgan fingerprint density at radius 3 is 2.14 bits per heavy atom. The van der Waals surface area contributed by atoms with Gasteiger partial charge >= 0.3 is 5.97 Å². The standard InChI is InChI=1S/C16H21F2NO3/c1-10(2)7-11-3-5-12(6-4-11)8-15(20)19-13(16(21)22)9-14(17)18/h3-6,10,13-14H,7-9H2,1-2H3,(H,19,20)(H,21,22). The van der Waals surface area contributed by atoms with Gasteiger partial charge in [0.2, 0.25) is 12.3 Å². The molecule has 0 spiro atoms. The van der Waals surface area contributed by atoms with Crippen LogP contribution in [-0.4, -0.2) is 29.5 Å². The number of carbonyl (C=O) groups excluding carboxylic acids is 1. The Bertz CT molecular complexity index is 501. The van der Waals surface area contributed by atoms with Gasteiger partial charge in [0.15, 0.2) is 0 Å². The van der Waals surface area contributed by atoms with E-state index >= 15 is 0 Å². The molecular weight excluding hydrogens is 292 g/mol. The van der Waals surface area contributed by atoms with E-state index < -0.39 is 30.8 Å². The maximum atomic E-state index is 12.3. The highest BCUT2D eigenvalue weighted by molar-refractivity contribution is 5.84. The average Bonchev–Trinajstić information content (AvgIpc) is 2.39. The first-order valence-electron chi connectivity index (χ1n) is 7.16. The van der Waals surface area contributed by atoms with Crippen LogP contribution in [-0.2, 0) is 22.4 Å². The molecule has 1 rings (SSSR count). The maximum absolute atomic E-state index is 12.3. The highest BCUT2D eigenvalue weighted by atomic mass is 19.3. The van der Waals surface area contributed by atoms with Gasteiger partial charge in [0, 0.05) is 6.42 Å². The lowest BCUT2D eigenvalue weighted by molar-refractivity contribution is -0.142. The van der Waals surface area contributed by atoms with Crippen LogP contribution in [0.4, 0.5) is 8.78 Å². The lowest BCUT2D eigenvalue weighted by Crippen LogP contribution is -2.42. The number of benzene rings is 1. The number of carboxylic acids is 1. The molecule has 0 aromatic heterocycles. The zero-order chi connectivity index (χ0) is 16.7. The molecule has 22 heavy (non-hydrogen) atoms. The minimum atomic E-state index is -2.78. The molecule has 2 N–H and O–H groups in total. The summed E-state index contributed by atoms with van der Waals surface area (Å²) in [6, 6.07) is 5.85. The van der Waals surface area contributed by atoms with Crippen LogP contribution in [0.15, 0.2) is 24.3 Å². The first kappa shape index (κ1) is 18.1. The van der Waals surface area contributed by atoms with E-state index in [1.807, 2.05) is 12.1 Å². The normalized spacial score (nSPS) is 12.5. The van der Waals surface area contributed by atoms with Gasteiger partial charge in [-0.15, -0.1) is 0 Å². The summed E-state index contributed by atoms with van der Waals surface area (Å²) in [4.78, 5) is 22.6. The molecular formula is C16H21F2NO3. The molecule has 0 fully saturated rings. The molecule has 0 aliphatic carbocycles. The molecule has 0 heterocycles. The molecule has 0 saturated carbocycles. The second kappa shape index (κ2) is 8.46. The third-order valence-corrected chi connectivity index (χ3v) is 3.08. The van der Waals surface area contributed by atoms with E-state index in [-0.39, 0.29) is 6.42 Å². The van der Waals surface area contributed by atoms with Crippen molar-refractivity contribution in [2.75, 3.05) is 0 Å². The number of hydrogen-bond acceptors (Lipinski definition) is 2. The van der Waals surface area contributed by atoms with Crippen molar-refractivity contribution in [2.24, 2.45) is 5.92 Å². The molecule has 0 aliphatic heterocycles. The fourth-order valence-corrected chi connectivity index (χ4v) is 2.10. The first-order chi connectivity index (χ1) is 10.3. The SMILES string of the molecule is CC(C)Cc1ccc(CC(=O)NC(CC(F)F)C(=O)O)cc1. The number of nitrogens with one attached hydrogen (secondary N) is 1. The minimum Gasteiger partial charge on any atom is -0.480 e. The van der Waals surface area contributed by atoms with Crippen LogP contribution in [0, 0.1) is 5.92 Å². The van der Waals surface area contributed by atoms with Crippen molar-refractivity contribution in [3.05, 3.63) is 35.4 Å². The van der Waals surface area contributed by atoms with Crippen LogP contribution in [0.2, 0.25) is 0 Å². The van der Waals surface area contributed by atoms with Gasteiger partial charge in [0.25, 0.3) is 0 Å². The number of alkyl halides is 2. The van der Waals surface area contributed by atoms with Gasteiger partial charge in [0.05, 0.1) is 6.42 Å². The van der Waals surface area contributed by atoms with Gasteiger partial charge in [-0.05, 0) is 23.5 Å². The number of amides is 1. The molecule has 122 valence electrons. The Labute approximate surface area is 128 Å². The quantitative estimate of drug-likeness (QED) is 0.775. The summed E-state index contributed by atoms with van der Waals surface area (Å²) in [5.41, 5.74) is 1.87. The number of aliphatic carboxylic acids is 1. The van der Waals surface area contributed by atoms with Crippen LogP contribution >= 0.6 is 0 Å². The molecule has 1 unspecified atom stereocenters. The third kappa shape index (κ3) is 6.65. The summed E-state index contributed by atoms with van der Waals surface area (Å²) >= 11 is 0. The predicted molar refractivity (Wildman–Crippen MR) is 78.9 cm³/mol. The maximum Gasteiger partial charge on any atom is 0.326 e. The second-order valence-corrected chi connectivity index (χ2v) is 5.68. The van der Waals surface area contributed by atoms with Crippen LogP contribution in [0.25, 0.3) is 0 Å². The molecule has 0 bridgehead atoms. The van der Waals surface area contributed by atoms with E-state index in [0.717, 1.165) is 12.0 Å². The summed E-state index contributed by atoms with van der Waals surface area (Å²) in [5, 5.41) is 10.9. The molecule has 1 aromatic rings. The van der Waals surface area contributed by atoms with Crippen molar-refractivity contribution in [3.63, 3.8) is 0 Å². The van der Waals surface area contributed by atoms with Crippen molar-refractivity contribution in [2.45, 2.75) is 45.6 Å². The van der Waals surface area contributed by atoms with Gasteiger partial charge in [0.1, 0.15) is 6.04 Å². The smallest absolute Gasteiger partial charge is 0.326 e. The number of halogens is 2. The summed E-state index contributed by atoms with van der Waals surface area (Å²) < 4.78 is 24.5. The van der Waals surface area contributed by atoms with Crippen molar-refractivity contribution >= 4 is 11.9 Å². The fraction of sp³-hybridized carbons (Fsp3) is 0.500. The molecule has 0 radical (unpaired) electrons. The Morgan fingerprint density at radius 1 is 1.14 bits per heavy atom. The lowest BCUT2D eigenvalue weighted by atomic mass is 10.0. The van der Waals surface area contributed by atoms with E-state index in [1.54, 1.807) is 12.1 Å². The van der Waals surface area contributed by atoms with Crippen LogP contribution in [0.5, 0.6) is 0 Å². The molecule has 0 saturated heterocycles. The number of hydrogen-bond donors (Lipinski definition) is 2. The Kier molecular flexibility index (Phi) is 6.95. The Hall–Kier alpha value is -1.98. The summed E-state index contributed by atoms with van der Waals surface area (Å²) in [7, 11) is 0. The van der Waals surface area contributed by atoms with Crippen molar-refractivity contribution in [3.8, 4) is 0 Å². The van der Waals surface area contributed by atoms with Crippen molar-refractivity contribution in [1.82, 2.24) is 5.32 Å². The Balaban J connectivity index is 2.58. The number of carboxylic acid groups (broad SMARTS) is 1. The highest BCUT2D eigenvalue weighted by Gasteiger charge is 2.24. The zero-order valence-electron chi connectivity index (χ0n) is 12.7. The van der Waals surface area contributed by atoms with E-state index in [4.69, 9.17) is 5.11 Å². The van der Waals surface area contributed by atoms with Gasteiger partial charge in [-0.3, -0.25) is 4.79 Å². The van der Waals surface area contributed by atoms with E-state index in [0.29, 0.717) is 11.5 Å². The lowest BCUT2D eigenvalue weighted by Gasteiger charge is -2.14. The highest BCUT2D eigenvalue weighted by Crippen LogP contribution is 2.11. The van der Waals surface area contributed by atoms with Gasteiger partial charge in [-0.2, -0.15) is 0 Å². The third-order valence-electron chi connectivity index (χ3n) is 3.08.